The van der Waals surface area contributed by atoms with Crippen molar-refractivity contribution < 1.29 is 9.18 Å². The molecule has 0 saturated carbocycles. The maximum absolute atomic E-state index is 13.2. The van der Waals surface area contributed by atoms with Crippen LogP contribution in [0.25, 0.3) is 0 Å². The number of anilines is 2. The maximum Gasteiger partial charge on any atom is 0.226 e. The van der Waals surface area contributed by atoms with Crippen LogP contribution in [-0.2, 0) is 4.79 Å². The molecule has 86 valence electrons. The van der Waals surface area contributed by atoms with Gasteiger partial charge in [0, 0.05) is 18.5 Å². The van der Waals surface area contributed by atoms with E-state index in [9.17, 15) is 9.18 Å². The van der Waals surface area contributed by atoms with E-state index >= 15 is 0 Å². The molecular weight excluding hydrogens is 231 g/mol. The van der Waals surface area contributed by atoms with Crippen LogP contribution < -0.4 is 10.6 Å². The van der Waals surface area contributed by atoms with Crippen molar-refractivity contribution in [3.63, 3.8) is 0 Å². The topological polar surface area (TPSA) is 41.1 Å². The fraction of sp³-hybridized carbons (Fsp3) is 0.364. The van der Waals surface area contributed by atoms with E-state index in [4.69, 9.17) is 11.6 Å². The predicted octanol–water partition coefficient (Wildman–Crippen LogP) is 3.01. The third-order valence-electron chi connectivity index (χ3n) is 2.62. The smallest absolute Gasteiger partial charge is 0.226 e. The summed E-state index contributed by atoms with van der Waals surface area (Å²) < 4.78 is 13.2. The number of amides is 1. The third-order valence-corrected chi connectivity index (χ3v) is 2.91. The first-order valence-electron chi connectivity index (χ1n) is 5.15. The summed E-state index contributed by atoms with van der Waals surface area (Å²) in [7, 11) is 0. The molecule has 3 nitrogen and oxygen atoms in total. The molecule has 5 heteroatoms. The summed E-state index contributed by atoms with van der Waals surface area (Å²) in [6.45, 7) is 1.99. The number of hydrogen-bond donors (Lipinski definition) is 2. The van der Waals surface area contributed by atoms with E-state index in [0.29, 0.717) is 17.8 Å². The van der Waals surface area contributed by atoms with Gasteiger partial charge in [-0.2, -0.15) is 0 Å². The van der Waals surface area contributed by atoms with Crippen LogP contribution in [0.3, 0.4) is 0 Å². The van der Waals surface area contributed by atoms with Crippen LogP contribution in [0.5, 0.6) is 0 Å². The van der Waals surface area contributed by atoms with E-state index in [-0.39, 0.29) is 17.0 Å². The van der Waals surface area contributed by atoms with E-state index in [1.165, 1.54) is 12.1 Å². The number of fused-ring (bicyclic) bond motifs is 1. The number of hydrogen-bond acceptors (Lipinski definition) is 2. The molecule has 0 bridgehead atoms. The lowest BCUT2D eigenvalue weighted by atomic mass is 10.1. The van der Waals surface area contributed by atoms with Crippen LogP contribution in [-0.4, -0.2) is 11.9 Å². The Balaban J connectivity index is 2.42. The summed E-state index contributed by atoms with van der Waals surface area (Å²) in [4.78, 5) is 11.5. The van der Waals surface area contributed by atoms with Crippen molar-refractivity contribution in [2.45, 2.75) is 25.8 Å². The Hall–Kier alpha value is -1.29. The van der Waals surface area contributed by atoms with Crippen molar-refractivity contribution >= 4 is 28.9 Å². The Kier molecular flexibility index (Phi) is 3.01. The lowest BCUT2D eigenvalue weighted by molar-refractivity contribution is -0.116. The molecule has 0 aliphatic carbocycles. The van der Waals surface area contributed by atoms with E-state index < -0.39 is 5.82 Å². The van der Waals surface area contributed by atoms with Gasteiger partial charge in [0.2, 0.25) is 5.91 Å². The van der Waals surface area contributed by atoms with Gasteiger partial charge in [0.1, 0.15) is 5.82 Å². The van der Waals surface area contributed by atoms with E-state index in [0.717, 1.165) is 6.42 Å². The molecule has 2 N–H and O–H groups in total. The minimum atomic E-state index is -0.530. The molecule has 1 aromatic carbocycles. The monoisotopic (exact) mass is 242 g/mol. The summed E-state index contributed by atoms with van der Waals surface area (Å²) in [6, 6.07) is 2.80. The molecule has 1 aliphatic heterocycles. The van der Waals surface area contributed by atoms with Gasteiger partial charge < -0.3 is 10.6 Å². The van der Waals surface area contributed by atoms with Gasteiger partial charge >= 0.3 is 0 Å². The summed E-state index contributed by atoms with van der Waals surface area (Å²) in [6.07, 6.45) is 1.20. The molecule has 1 unspecified atom stereocenters. The Labute approximate surface area is 98.0 Å². The SMILES string of the molecule is CCC1CC(=O)Nc2cc(F)c(Cl)cc2N1. The zero-order chi connectivity index (χ0) is 11.7. The minimum Gasteiger partial charge on any atom is -0.380 e. The van der Waals surface area contributed by atoms with Gasteiger partial charge in [0.25, 0.3) is 0 Å². The van der Waals surface area contributed by atoms with Crippen LogP contribution in [0.1, 0.15) is 19.8 Å². The Morgan fingerprint density at radius 3 is 2.94 bits per heavy atom. The first-order valence-corrected chi connectivity index (χ1v) is 5.53. The molecular formula is C11H12ClFN2O. The van der Waals surface area contributed by atoms with E-state index in [1.807, 2.05) is 6.92 Å². The van der Waals surface area contributed by atoms with E-state index in [1.54, 1.807) is 0 Å². The molecule has 1 amide bonds. The van der Waals surface area contributed by atoms with Crippen molar-refractivity contribution in [1.29, 1.82) is 0 Å². The normalized spacial score (nSPS) is 19.4. The minimum absolute atomic E-state index is 0.0530. The lowest BCUT2D eigenvalue weighted by Gasteiger charge is -2.14. The number of benzene rings is 1. The standard InChI is InChI=1S/C11H12ClFN2O/c1-2-6-3-11(16)15-10-5-8(13)7(12)4-9(10)14-6/h4-6,14H,2-3H2,1H3,(H,15,16). The number of carbonyl (C=O) groups is 1. The van der Waals surface area contributed by atoms with Gasteiger partial charge in [0.05, 0.1) is 16.4 Å². The summed E-state index contributed by atoms with van der Waals surface area (Å²) >= 11 is 5.70. The van der Waals surface area contributed by atoms with Gasteiger partial charge in [0.15, 0.2) is 0 Å². The first-order chi connectivity index (χ1) is 7.60. The second kappa shape index (κ2) is 4.29. The van der Waals surface area contributed by atoms with Gasteiger partial charge in [-0.1, -0.05) is 18.5 Å². The van der Waals surface area contributed by atoms with Crippen molar-refractivity contribution in [1.82, 2.24) is 0 Å². The highest BCUT2D eigenvalue weighted by molar-refractivity contribution is 6.31. The number of nitrogens with one attached hydrogen (secondary N) is 2. The molecule has 1 heterocycles. The molecule has 0 saturated heterocycles. The number of halogens is 2. The molecule has 0 aromatic heterocycles. The fourth-order valence-electron chi connectivity index (χ4n) is 1.71. The van der Waals surface area contributed by atoms with Crippen LogP contribution in [0.15, 0.2) is 12.1 Å². The van der Waals surface area contributed by atoms with Gasteiger partial charge in [-0.25, -0.2) is 4.39 Å². The molecule has 1 aliphatic rings. The zero-order valence-corrected chi connectivity index (χ0v) is 9.57. The van der Waals surface area contributed by atoms with Crippen molar-refractivity contribution in [3.05, 3.63) is 23.0 Å². The predicted molar refractivity (Wildman–Crippen MR) is 62.4 cm³/mol. The molecule has 0 fully saturated rings. The highest BCUT2D eigenvalue weighted by atomic mass is 35.5. The summed E-state index contributed by atoms with van der Waals surface area (Å²) in [5, 5.41) is 5.88. The highest BCUT2D eigenvalue weighted by Gasteiger charge is 2.20. The number of rotatable bonds is 1. The van der Waals surface area contributed by atoms with E-state index in [2.05, 4.69) is 10.6 Å². The van der Waals surface area contributed by atoms with Crippen molar-refractivity contribution in [2.75, 3.05) is 10.6 Å². The maximum atomic E-state index is 13.2. The van der Waals surface area contributed by atoms with Crippen LogP contribution in [0.4, 0.5) is 15.8 Å². The molecule has 2 rings (SSSR count). The Bertz CT molecular complexity index is 436. The molecule has 1 aromatic rings. The second-order valence-corrected chi connectivity index (χ2v) is 4.22. The molecule has 16 heavy (non-hydrogen) atoms. The summed E-state index contributed by atoms with van der Waals surface area (Å²) in [5.74, 6) is -0.641. The summed E-state index contributed by atoms with van der Waals surface area (Å²) in [5.41, 5.74) is 1.12. The van der Waals surface area contributed by atoms with Gasteiger partial charge in [-0.05, 0) is 12.5 Å². The van der Waals surface area contributed by atoms with Gasteiger partial charge in [-0.15, -0.1) is 0 Å². The molecule has 0 spiro atoms. The third kappa shape index (κ3) is 2.11. The molecule has 0 radical (unpaired) electrons. The first kappa shape index (κ1) is 11.2. The average molecular weight is 243 g/mol. The van der Waals surface area contributed by atoms with Crippen LogP contribution in [0, 0.1) is 5.82 Å². The van der Waals surface area contributed by atoms with Gasteiger partial charge in [-0.3, -0.25) is 4.79 Å². The average Bonchev–Trinajstić information content (AvgIpc) is 2.37. The molecule has 1 atom stereocenters. The zero-order valence-electron chi connectivity index (χ0n) is 8.81. The Morgan fingerprint density at radius 2 is 2.25 bits per heavy atom. The highest BCUT2D eigenvalue weighted by Crippen LogP contribution is 2.31. The van der Waals surface area contributed by atoms with Crippen molar-refractivity contribution in [2.24, 2.45) is 0 Å². The van der Waals surface area contributed by atoms with Crippen LogP contribution >= 0.6 is 11.6 Å². The fourth-order valence-corrected chi connectivity index (χ4v) is 1.88. The number of carbonyl (C=O) groups excluding carboxylic acids is 1. The Morgan fingerprint density at radius 1 is 1.50 bits per heavy atom. The quantitative estimate of drug-likeness (QED) is 0.795. The van der Waals surface area contributed by atoms with Crippen LogP contribution in [0.2, 0.25) is 5.02 Å². The van der Waals surface area contributed by atoms with Crippen molar-refractivity contribution in [3.8, 4) is 0 Å². The second-order valence-electron chi connectivity index (χ2n) is 3.81. The largest absolute Gasteiger partial charge is 0.380 e. The lowest BCUT2D eigenvalue weighted by Crippen LogP contribution is -2.21.